The number of piperidine rings is 1. The topological polar surface area (TPSA) is 56.3 Å². The Morgan fingerprint density at radius 3 is 2.61 bits per heavy atom. The fourth-order valence-corrected chi connectivity index (χ4v) is 3.04. The first kappa shape index (κ1) is 18.1. The van der Waals surface area contributed by atoms with E-state index in [0.29, 0.717) is 17.8 Å². The van der Waals surface area contributed by atoms with Gasteiger partial charge in [0.15, 0.2) is 6.61 Å². The lowest BCUT2D eigenvalue weighted by Gasteiger charge is -2.42. The number of rotatable bonds is 4. The number of ether oxygens (including phenoxy) is 1. The monoisotopic (exact) mass is 334 g/mol. The van der Waals surface area contributed by atoms with Gasteiger partial charge < -0.3 is 10.5 Å². The van der Waals surface area contributed by atoms with Crippen molar-refractivity contribution in [3.05, 3.63) is 11.3 Å². The highest BCUT2D eigenvalue weighted by molar-refractivity contribution is 5.31. The molecule has 1 aliphatic rings. The van der Waals surface area contributed by atoms with Crippen LogP contribution in [0.15, 0.2) is 0 Å². The number of aryl methyl sites for hydroxylation is 2. The quantitative estimate of drug-likeness (QED) is 0.917. The molecule has 1 aromatic rings. The molecule has 0 saturated carbocycles. The number of hydrogen-bond acceptors (Lipinski definition) is 4. The highest BCUT2D eigenvalue weighted by Crippen LogP contribution is 2.31. The smallest absolute Gasteiger partial charge is 0.422 e. The molecule has 1 atom stereocenters. The molecule has 1 saturated heterocycles. The van der Waals surface area contributed by atoms with E-state index in [1.165, 1.54) is 4.68 Å². The van der Waals surface area contributed by atoms with Crippen molar-refractivity contribution in [2.45, 2.75) is 46.0 Å². The molecule has 0 spiro atoms. The lowest BCUT2D eigenvalue weighted by Crippen LogP contribution is -2.52. The van der Waals surface area contributed by atoms with Gasteiger partial charge in [0, 0.05) is 32.7 Å². The fraction of sp³-hybridized carbons (Fsp3) is 0.800. The second kappa shape index (κ2) is 6.32. The zero-order valence-corrected chi connectivity index (χ0v) is 14.1. The van der Waals surface area contributed by atoms with Crippen LogP contribution in [0.4, 0.5) is 13.2 Å². The van der Waals surface area contributed by atoms with Crippen molar-refractivity contribution in [2.24, 2.45) is 18.2 Å². The van der Waals surface area contributed by atoms with Crippen molar-refractivity contribution in [3.63, 3.8) is 0 Å². The van der Waals surface area contributed by atoms with E-state index < -0.39 is 12.8 Å². The van der Waals surface area contributed by atoms with Crippen LogP contribution < -0.4 is 10.5 Å². The number of hydrogen-bond donors (Lipinski definition) is 1. The lowest BCUT2D eigenvalue weighted by molar-refractivity contribution is -0.154. The average molecular weight is 334 g/mol. The largest absolute Gasteiger partial charge is 0.468 e. The van der Waals surface area contributed by atoms with Crippen LogP contribution in [-0.4, -0.2) is 46.6 Å². The Kier molecular flexibility index (Phi) is 4.96. The van der Waals surface area contributed by atoms with E-state index in [4.69, 9.17) is 10.5 Å². The second-order valence-electron chi connectivity index (χ2n) is 6.99. The van der Waals surface area contributed by atoms with E-state index in [9.17, 15) is 13.2 Å². The van der Waals surface area contributed by atoms with Crippen molar-refractivity contribution >= 4 is 0 Å². The van der Waals surface area contributed by atoms with E-state index in [1.54, 1.807) is 14.0 Å². The Morgan fingerprint density at radius 1 is 1.39 bits per heavy atom. The van der Waals surface area contributed by atoms with Gasteiger partial charge in [0.25, 0.3) is 0 Å². The summed E-state index contributed by atoms with van der Waals surface area (Å²) in [6, 6.07) is 0.134. The molecule has 8 heteroatoms. The lowest BCUT2D eigenvalue weighted by atomic mass is 9.79. The standard InChI is InChI=1S/C15H25F3N4O/c1-10-11(7-22-6-5-12(19)14(2,3)8-22)13(21(4)20-10)23-9-15(16,17)18/h12H,5-9,19H2,1-4H3. The Balaban J connectivity index is 2.13. The van der Waals surface area contributed by atoms with Crippen molar-refractivity contribution in [3.8, 4) is 5.88 Å². The molecule has 1 aromatic heterocycles. The molecule has 0 radical (unpaired) electrons. The predicted octanol–water partition coefficient (Wildman–Crippen LogP) is 2.23. The summed E-state index contributed by atoms with van der Waals surface area (Å²) in [6.07, 6.45) is -3.50. The first-order valence-electron chi connectivity index (χ1n) is 7.69. The molecule has 23 heavy (non-hydrogen) atoms. The maximum Gasteiger partial charge on any atom is 0.422 e. The number of halogens is 3. The molecule has 0 aliphatic carbocycles. The van der Waals surface area contributed by atoms with E-state index in [1.807, 2.05) is 0 Å². The molecular weight excluding hydrogens is 309 g/mol. The zero-order chi connectivity index (χ0) is 17.4. The highest BCUT2D eigenvalue weighted by Gasteiger charge is 2.35. The third-order valence-electron chi connectivity index (χ3n) is 4.43. The minimum atomic E-state index is -4.37. The molecule has 5 nitrogen and oxygen atoms in total. The third-order valence-corrected chi connectivity index (χ3v) is 4.43. The van der Waals surface area contributed by atoms with Crippen LogP contribution >= 0.6 is 0 Å². The minimum Gasteiger partial charge on any atom is -0.468 e. The molecule has 2 rings (SSSR count). The van der Waals surface area contributed by atoms with Crippen LogP contribution in [-0.2, 0) is 13.6 Å². The number of aromatic nitrogens is 2. The molecule has 132 valence electrons. The molecule has 2 N–H and O–H groups in total. The first-order valence-corrected chi connectivity index (χ1v) is 7.69. The maximum absolute atomic E-state index is 12.4. The van der Waals surface area contributed by atoms with Gasteiger partial charge in [-0.05, 0) is 18.8 Å². The number of alkyl halides is 3. The highest BCUT2D eigenvalue weighted by atomic mass is 19.4. The van der Waals surface area contributed by atoms with Gasteiger partial charge in [0.2, 0.25) is 5.88 Å². The Bertz CT molecular complexity index is 554. The maximum atomic E-state index is 12.4. The molecule has 1 fully saturated rings. The molecule has 0 aromatic carbocycles. The fourth-order valence-electron chi connectivity index (χ4n) is 3.04. The summed E-state index contributed by atoms with van der Waals surface area (Å²) < 4.78 is 43.7. The van der Waals surface area contributed by atoms with Crippen molar-refractivity contribution in [1.82, 2.24) is 14.7 Å². The van der Waals surface area contributed by atoms with Crippen molar-refractivity contribution in [1.29, 1.82) is 0 Å². The Morgan fingerprint density at radius 2 is 2.04 bits per heavy atom. The van der Waals surface area contributed by atoms with Crippen LogP contribution in [0.5, 0.6) is 5.88 Å². The summed E-state index contributed by atoms with van der Waals surface area (Å²) in [6.45, 7) is 6.83. The SMILES string of the molecule is Cc1nn(C)c(OCC(F)(F)F)c1CN1CCC(N)C(C)(C)C1. The zero-order valence-electron chi connectivity index (χ0n) is 14.1. The number of likely N-dealkylation sites (tertiary alicyclic amines) is 1. The van der Waals surface area contributed by atoms with E-state index >= 15 is 0 Å². The summed E-state index contributed by atoms with van der Waals surface area (Å²) >= 11 is 0. The Labute approximate surface area is 134 Å². The molecule has 2 heterocycles. The predicted molar refractivity (Wildman–Crippen MR) is 81.1 cm³/mol. The van der Waals surface area contributed by atoms with Gasteiger partial charge in [0.05, 0.1) is 11.3 Å². The summed E-state index contributed by atoms with van der Waals surface area (Å²) in [7, 11) is 1.60. The normalized spacial score (nSPS) is 22.3. The second-order valence-corrected chi connectivity index (χ2v) is 6.99. The van der Waals surface area contributed by atoms with Gasteiger partial charge >= 0.3 is 6.18 Å². The van der Waals surface area contributed by atoms with Crippen LogP contribution in [0.1, 0.15) is 31.5 Å². The first-order chi connectivity index (χ1) is 10.5. The molecule has 1 unspecified atom stereocenters. The van der Waals surface area contributed by atoms with E-state index in [0.717, 1.165) is 19.5 Å². The molecule has 1 aliphatic heterocycles. The van der Waals surface area contributed by atoms with Crippen LogP contribution in [0.3, 0.4) is 0 Å². The van der Waals surface area contributed by atoms with Gasteiger partial charge in [-0.25, -0.2) is 4.68 Å². The van der Waals surface area contributed by atoms with Crippen LogP contribution in [0, 0.1) is 12.3 Å². The Hall–Kier alpha value is -1.28. The van der Waals surface area contributed by atoms with Gasteiger partial charge in [0.1, 0.15) is 0 Å². The average Bonchev–Trinajstić information content (AvgIpc) is 2.65. The van der Waals surface area contributed by atoms with Crippen LogP contribution in [0.2, 0.25) is 0 Å². The summed E-state index contributed by atoms with van der Waals surface area (Å²) in [4.78, 5) is 2.20. The van der Waals surface area contributed by atoms with Crippen LogP contribution in [0.25, 0.3) is 0 Å². The summed E-state index contributed by atoms with van der Waals surface area (Å²) in [5, 5.41) is 4.20. The number of nitrogens with zero attached hydrogens (tertiary/aromatic N) is 3. The molecule has 0 amide bonds. The van der Waals surface area contributed by atoms with Crippen molar-refractivity contribution in [2.75, 3.05) is 19.7 Å². The third kappa shape index (κ3) is 4.38. The van der Waals surface area contributed by atoms with Gasteiger partial charge in [-0.3, -0.25) is 4.90 Å². The summed E-state index contributed by atoms with van der Waals surface area (Å²) in [5.41, 5.74) is 7.51. The van der Waals surface area contributed by atoms with Gasteiger partial charge in [-0.2, -0.15) is 18.3 Å². The van der Waals surface area contributed by atoms with Crippen molar-refractivity contribution < 1.29 is 17.9 Å². The number of nitrogens with two attached hydrogens (primary N) is 1. The van der Waals surface area contributed by atoms with E-state index in [-0.39, 0.29) is 17.3 Å². The minimum absolute atomic E-state index is 0.0264. The van der Waals surface area contributed by atoms with Gasteiger partial charge in [-0.1, -0.05) is 13.8 Å². The molecular formula is C15H25F3N4O. The van der Waals surface area contributed by atoms with E-state index in [2.05, 4.69) is 23.8 Å². The van der Waals surface area contributed by atoms with Gasteiger partial charge in [-0.15, -0.1) is 0 Å². The summed E-state index contributed by atoms with van der Waals surface area (Å²) in [5.74, 6) is 0.188. The molecule has 0 bridgehead atoms.